The van der Waals surface area contributed by atoms with Crippen LogP contribution in [0.4, 0.5) is 0 Å². The Balaban J connectivity index is 2.25. The first-order chi connectivity index (χ1) is 12.0. The van der Waals surface area contributed by atoms with Crippen LogP contribution in [0.15, 0.2) is 24.3 Å². The lowest BCUT2D eigenvalue weighted by Gasteiger charge is -2.21. The summed E-state index contributed by atoms with van der Waals surface area (Å²) in [5, 5.41) is 3.39. The fourth-order valence-corrected chi connectivity index (χ4v) is 2.10. The lowest BCUT2D eigenvalue weighted by Crippen LogP contribution is -3.11. The Hall–Kier alpha value is -2.32. The number of hydrazine groups is 1. The lowest BCUT2D eigenvalue weighted by molar-refractivity contribution is -0.862. The summed E-state index contributed by atoms with van der Waals surface area (Å²) in [5.41, 5.74) is 4.22. The van der Waals surface area contributed by atoms with Crippen LogP contribution in [0.2, 0.25) is 5.02 Å². The van der Waals surface area contributed by atoms with Gasteiger partial charge in [-0.15, -0.1) is 0 Å². The Bertz CT molecular complexity index is 629. The summed E-state index contributed by atoms with van der Waals surface area (Å²) in [4.78, 5) is 36.0. The van der Waals surface area contributed by atoms with E-state index in [-0.39, 0.29) is 31.1 Å². The van der Waals surface area contributed by atoms with Crippen LogP contribution in [-0.4, -0.2) is 50.0 Å². The number of hydrogen-bond acceptors (Lipinski definition) is 4. The monoisotopic (exact) mass is 385 g/mol. The first-order valence-electron chi connectivity index (χ1n) is 8.13. The molecule has 1 rings (SSSR count). The molecule has 0 radical (unpaired) electrons. The molecule has 0 fully saturated rings. The number of carbonyl (C=O) groups excluding carboxylic acids is 3. The molecule has 0 spiro atoms. The molecule has 0 heterocycles. The van der Waals surface area contributed by atoms with E-state index < -0.39 is 11.8 Å². The van der Waals surface area contributed by atoms with Crippen molar-refractivity contribution < 1.29 is 24.0 Å². The molecule has 0 aliphatic rings. The van der Waals surface area contributed by atoms with Gasteiger partial charge in [-0.25, -0.2) is 0 Å². The first-order valence-corrected chi connectivity index (χ1v) is 8.51. The number of hydrogen-bond donors (Lipinski definition) is 4. The highest BCUT2D eigenvalue weighted by atomic mass is 35.5. The minimum atomic E-state index is -0.503. The van der Waals surface area contributed by atoms with Gasteiger partial charge in [-0.1, -0.05) is 11.6 Å². The summed E-state index contributed by atoms with van der Waals surface area (Å²) in [6.07, 6.45) is 0. The number of halogens is 1. The fourth-order valence-electron chi connectivity index (χ4n) is 1.97. The normalized spacial score (nSPS) is 12.0. The number of amides is 3. The number of carbonyl (C=O) groups is 3. The van der Waals surface area contributed by atoms with Crippen molar-refractivity contribution in [2.75, 3.05) is 26.7 Å². The quantitative estimate of drug-likeness (QED) is 0.466. The maximum absolute atomic E-state index is 11.8. The number of likely N-dealkylation sites (N-methyl/N-ethyl adjacent to an activating group) is 1. The van der Waals surface area contributed by atoms with Gasteiger partial charge in [-0.3, -0.25) is 25.2 Å². The number of ether oxygens (including phenoxy) is 1. The van der Waals surface area contributed by atoms with E-state index >= 15 is 0 Å². The second-order valence-electron chi connectivity index (χ2n) is 6.95. The van der Waals surface area contributed by atoms with Crippen molar-refractivity contribution in [1.82, 2.24) is 16.2 Å². The summed E-state index contributed by atoms with van der Waals surface area (Å²) in [6, 6.07) is 6.56. The first kappa shape index (κ1) is 21.7. The van der Waals surface area contributed by atoms with Crippen molar-refractivity contribution in [3.05, 3.63) is 29.3 Å². The van der Waals surface area contributed by atoms with E-state index in [9.17, 15) is 14.4 Å². The molecule has 0 aliphatic carbocycles. The van der Waals surface area contributed by atoms with Crippen molar-refractivity contribution in [3.8, 4) is 5.75 Å². The van der Waals surface area contributed by atoms with Gasteiger partial charge in [0.25, 0.3) is 17.7 Å². The molecule has 9 heteroatoms. The summed E-state index contributed by atoms with van der Waals surface area (Å²) in [7, 11) is 1.72. The Kier molecular flexibility index (Phi) is 8.34. The smallest absolute Gasteiger partial charge is 0.293 e. The van der Waals surface area contributed by atoms with Gasteiger partial charge in [0, 0.05) is 10.6 Å². The van der Waals surface area contributed by atoms with E-state index in [0.29, 0.717) is 15.7 Å². The topological polar surface area (TPSA) is 101 Å². The minimum Gasteiger partial charge on any atom is -0.484 e. The molecule has 144 valence electrons. The standard InChI is InChI=1S/C17H25ClN4O4/c1-17(2,3)19-14(23)9-22(4)10-15(24)20-21-16(25)11-26-13-7-5-12(18)6-8-13/h5-8H,9-11H2,1-4H3,(H,19,23)(H,20,24)(H,21,25)/p+1. The largest absolute Gasteiger partial charge is 0.484 e. The van der Waals surface area contributed by atoms with Gasteiger partial charge >= 0.3 is 0 Å². The Morgan fingerprint density at radius 2 is 1.54 bits per heavy atom. The van der Waals surface area contributed by atoms with Crippen LogP contribution in [0.5, 0.6) is 5.75 Å². The van der Waals surface area contributed by atoms with E-state index in [0.717, 1.165) is 0 Å². The average molecular weight is 386 g/mol. The zero-order chi connectivity index (χ0) is 19.7. The third-order valence-electron chi connectivity index (χ3n) is 2.96. The third kappa shape index (κ3) is 9.85. The molecule has 1 aromatic rings. The number of rotatable bonds is 7. The second-order valence-corrected chi connectivity index (χ2v) is 7.38. The molecule has 4 N–H and O–H groups in total. The van der Waals surface area contributed by atoms with Gasteiger partial charge in [0.2, 0.25) is 0 Å². The van der Waals surface area contributed by atoms with Crippen LogP contribution < -0.4 is 25.8 Å². The highest BCUT2D eigenvalue weighted by Gasteiger charge is 2.18. The molecule has 26 heavy (non-hydrogen) atoms. The molecule has 1 unspecified atom stereocenters. The number of nitrogens with one attached hydrogen (secondary N) is 4. The maximum atomic E-state index is 11.8. The molecular formula is C17H26ClN4O4+. The highest BCUT2D eigenvalue weighted by Crippen LogP contribution is 2.15. The van der Waals surface area contributed by atoms with E-state index in [1.165, 1.54) is 0 Å². The third-order valence-corrected chi connectivity index (χ3v) is 3.22. The van der Waals surface area contributed by atoms with Crippen molar-refractivity contribution >= 4 is 29.3 Å². The van der Waals surface area contributed by atoms with Crippen LogP contribution in [-0.2, 0) is 14.4 Å². The zero-order valence-corrected chi connectivity index (χ0v) is 16.2. The Labute approximate surface area is 158 Å². The van der Waals surface area contributed by atoms with E-state index in [1.807, 2.05) is 20.8 Å². The second kappa shape index (κ2) is 9.98. The molecule has 0 aliphatic heterocycles. The minimum absolute atomic E-state index is 0.0376. The van der Waals surface area contributed by atoms with E-state index in [2.05, 4.69) is 16.2 Å². The van der Waals surface area contributed by atoms with Gasteiger partial charge in [0.05, 0.1) is 7.05 Å². The van der Waals surface area contributed by atoms with Crippen molar-refractivity contribution in [2.45, 2.75) is 26.3 Å². The van der Waals surface area contributed by atoms with E-state index in [1.54, 1.807) is 31.3 Å². The number of quaternary nitrogens is 1. The van der Waals surface area contributed by atoms with Gasteiger partial charge in [0.1, 0.15) is 5.75 Å². The Morgan fingerprint density at radius 3 is 2.12 bits per heavy atom. The van der Waals surface area contributed by atoms with Crippen LogP contribution in [0.3, 0.4) is 0 Å². The van der Waals surface area contributed by atoms with Crippen molar-refractivity contribution in [1.29, 1.82) is 0 Å². The molecule has 0 saturated heterocycles. The van der Waals surface area contributed by atoms with Crippen molar-refractivity contribution in [3.63, 3.8) is 0 Å². The molecule has 0 aromatic heterocycles. The van der Waals surface area contributed by atoms with Crippen LogP contribution in [0.25, 0.3) is 0 Å². The van der Waals surface area contributed by atoms with Gasteiger partial charge < -0.3 is 15.0 Å². The number of benzene rings is 1. The molecule has 8 nitrogen and oxygen atoms in total. The summed E-state index contributed by atoms with van der Waals surface area (Å²) >= 11 is 5.75. The van der Waals surface area contributed by atoms with Gasteiger partial charge in [-0.05, 0) is 45.0 Å². The SMILES string of the molecule is C[NH+](CC(=O)NNC(=O)COc1ccc(Cl)cc1)CC(=O)NC(C)(C)C. The van der Waals surface area contributed by atoms with Crippen molar-refractivity contribution in [2.24, 2.45) is 0 Å². The molecule has 0 saturated carbocycles. The summed E-state index contributed by atoms with van der Waals surface area (Å²) in [5.74, 6) is -0.574. The van der Waals surface area contributed by atoms with Gasteiger partial charge in [0.15, 0.2) is 19.7 Å². The van der Waals surface area contributed by atoms with Crippen LogP contribution >= 0.6 is 11.6 Å². The Morgan fingerprint density at radius 1 is 1.00 bits per heavy atom. The highest BCUT2D eigenvalue weighted by molar-refractivity contribution is 6.30. The predicted octanol–water partition coefficient (Wildman–Crippen LogP) is -0.704. The summed E-state index contributed by atoms with van der Waals surface area (Å²) < 4.78 is 5.26. The molecule has 3 amide bonds. The predicted molar refractivity (Wildman–Crippen MR) is 97.7 cm³/mol. The molecule has 0 bridgehead atoms. The average Bonchev–Trinajstić information content (AvgIpc) is 2.50. The van der Waals surface area contributed by atoms with E-state index in [4.69, 9.17) is 16.3 Å². The van der Waals surface area contributed by atoms with Gasteiger partial charge in [-0.2, -0.15) is 0 Å². The summed E-state index contributed by atoms with van der Waals surface area (Å²) in [6.45, 7) is 5.59. The van der Waals surface area contributed by atoms with Crippen LogP contribution in [0, 0.1) is 0 Å². The lowest BCUT2D eigenvalue weighted by atomic mass is 10.1. The maximum Gasteiger partial charge on any atom is 0.293 e. The van der Waals surface area contributed by atoms with Crippen LogP contribution in [0.1, 0.15) is 20.8 Å². The molecule has 1 aromatic carbocycles. The molecular weight excluding hydrogens is 360 g/mol. The molecule has 1 atom stereocenters. The zero-order valence-electron chi connectivity index (χ0n) is 15.4. The fraction of sp³-hybridized carbons (Fsp3) is 0.471.